The summed E-state index contributed by atoms with van der Waals surface area (Å²) in [5.41, 5.74) is 10.8. The second-order valence-electron chi connectivity index (χ2n) is 6.44. The first-order chi connectivity index (χ1) is 13.6. The van der Waals surface area contributed by atoms with Crippen LogP contribution in [0.15, 0.2) is 0 Å². The molecule has 0 aromatic rings. The molecule has 13 heteroatoms. The standard InChI is InChI=1S/C16H31N5O8/c1-8(24)12(15(27)20-11(7-23)16(28)29)21-14(26)10(4-2-3-5-17)19-13(25)9(18)6-22/h8-12,22-24H,2-7,17-18H2,1H3,(H,19,25)(H,20,27)(H,21,26)(H,28,29). The van der Waals surface area contributed by atoms with E-state index in [0.717, 1.165) is 0 Å². The largest absolute Gasteiger partial charge is 0.480 e. The number of carbonyl (C=O) groups is 4. The van der Waals surface area contributed by atoms with Gasteiger partial charge in [0.2, 0.25) is 17.7 Å². The highest BCUT2D eigenvalue weighted by molar-refractivity contribution is 5.94. The Morgan fingerprint density at radius 3 is 1.93 bits per heavy atom. The van der Waals surface area contributed by atoms with Gasteiger partial charge in [0.15, 0.2) is 0 Å². The van der Waals surface area contributed by atoms with Crippen LogP contribution < -0.4 is 27.4 Å². The summed E-state index contributed by atoms with van der Waals surface area (Å²) in [4.78, 5) is 47.7. The van der Waals surface area contributed by atoms with Gasteiger partial charge >= 0.3 is 5.97 Å². The van der Waals surface area contributed by atoms with Crippen molar-refractivity contribution in [1.29, 1.82) is 0 Å². The molecule has 0 rings (SSSR count). The zero-order valence-electron chi connectivity index (χ0n) is 16.2. The first-order valence-corrected chi connectivity index (χ1v) is 9.08. The van der Waals surface area contributed by atoms with Gasteiger partial charge in [0.05, 0.1) is 19.3 Å². The minimum atomic E-state index is -1.62. The first kappa shape index (κ1) is 26.7. The van der Waals surface area contributed by atoms with Gasteiger partial charge in [-0.25, -0.2) is 4.79 Å². The molecule has 0 saturated carbocycles. The molecule has 0 saturated heterocycles. The van der Waals surface area contributed by atoms with Gasteiger partial charge in [-0.15, -0.1) is 0 Å². The maximum atomic E-state index is 12.6. The molecule has 5 unspecified atom stereocenters. The molecule has 13 nitrogen and oxygen atoms in total. The molecule has 0 aliphatic rings. The van der Waals surface area contributed by atoms with Crippen molar-refractivity contribution in [3.63, 3.8) is 0 Å². The van der Waals surface area contributed by atoms with Gasteiger partial charge in [0.25, 0.3) is 0 Å². The second kappa shape index (κ2) is 13.8. The van der Waals surface area contributed by atoms with Crippen molar-refractivity contribution >= 4 is 23.7 Å². The van der Waals surface area contributed by atoms with Crippen LogP contribution in [0.25, 0.3) is 0 Å². The number of amides is 3. The predicted molar refractivity (Wildman–Crippen MR) is 100 cm³/mol. The van der Waals surface area contributed by atoms with E-state index in [2.05, 4.69) is 10.6 Å². The van der Waals surface area contributed by atoms with Crippen LogP contribution in [0.4, 0.5) is 0 Å². The van der Waals surface area contributed by atoms with Crippen LogP contribution in [-0.2, 0) is 19.2 Å². The van der Waals surface area contributed by atoms with Gasteiger partial charge < -0.3 is 47.8 Å². The van der Waals surface area contributed by atoms with Crippen molar-refractivity contribution < 1.29 is 39.6 Å². The quantitative estimate of drug-likeness (QED) is 0.121. The number of aliphatic hydroxyl groups is 3. The third-order valence-corrected chi connectivity index (χ3v) is 3.97. The summed E-state index contributed by atoms with van der Waals surface area (Å²) >= 11 is 0. The number of hydrogen-bond acceptors (Lipinski definition) is 9. The molecule has 0 aromatic heterocycles. The molecule has 0 spiro atoms. The van der Waals surface area contributed by atoms with E-state index in [4.69, 9.17) is 26.8 Å². The summed E-state index contributed by atoms with van der Waals surface area (Å²) in [6.07, 6.45) is -0.245. The van der Waals surface area contributed by atoms with Gasteiger partial charge in [-0.1, -0.05) is 0 Å². The van der Waals surface area contributed by atoms with Crippen LogP contribution in [-0.4, -0.2) is 94.1 Å². The maximum absolute atomic E-state index is 12.6. The molecule has 11 N–H and O–H groups in total. The molecule has 0 heterocycles. The number of hydrogen-bond donors (Lipinski definition) is 9. The summed E-state index contributed by atoms with van der Waals surface area (Å²) in [5, 5.41) is 43.3. The highest BCUT2D eigenvalue weighted by Gasteiger charge is 2.32. The number of nitrogens with two attached hydrogens (primary N) is 2. The highest BCUT2D eigenvalue weighted by Crippen LogP contribution is 2.04. The third-order valence-electron chi connectivity index (χ3n) is 3.97. The number of carboxylic acids is 1. The number of nitrogens with one attached hydrogen (secondary N) is 3. The van der Waals surface area contributed by atoms with E-state index in [1.54, 1.807) is 0 Å². The lowest BCUT2D eigenvalue weighted by atomic mass is 10.1. The number of aliphatic hydroxyl groups excluding tert-OH is 3. The molecule has 0 aliphatic heterocycles. The van der Waals surface area contributed by atoms with Crippen molar-refractivity contribution in [2.75, 3.05) is 19.8 Å². The molecule has 0 aliphatic carbocycles. The molecule has 3 amide bonds. The second-order valence-corrected chi connectivity index (χ2v) is 6.44. The number of carboxylic acid groups (broad SMARTS) is 1. The molecular formula is C16H31N5O8. The smallest absolute Gasteiger partial charge is 0.328 e. The number of aliphatic carboxylic acids is 1. The topological polar surface area (TPSA) is 237 Å². The van der Waals surface area contributed by atoms with E-state index in [1.165, 1.54) is 6.92 Å². The lowest BCUT2D eigenvalue weighted by Crippen LogP contribution is -2.60. The van der Waals surface area contributed by atoms with Gasteiger partial charge in [-0.3, -0.25) is 14.4 Å². The van der Waals surface area contributed by atoms with Crippen molar-refractivity contribution in [2.45, 2.75) is 56.5 Å². The van der Waals surface area contributed by atoms with Crippen molar-refractivity contribution in [3.8, 4) is 0 Å². The Hall–Kier alpha value is -2.32. The van der Waals surface area contributed by atoms with E-state index in [1.807, 2.05) is 5.32 Å². The van der Waals surface area contributed by atoms with Gasteiger partial charge in [0, 0.05) is 0 Å². The summed E-state index contributed by atoms with van der Waals surface area (Å²) < 4.78 is 0. The molecular weight excluding hydrogens is 390 g/mol. The molecule has 0 bridgehead atoms. The van der Waals surface area contributed by atoms with Crippen LogP contribution in [0.1, 0.15) is 26.2 Å². The fourth-order valence-electron chi connectivity index (χ4n) is 2.23. The van der Waals surface area contributed by atoms with E-state index in [0.29, 0.717) is 19.4 Å². The van der Waals surface area contributed by atoms with E-state index in [-0.39, 0.29) is 6.42 Å². The predicted octanol–water partition coefficient (Wildman–Crippen LogP) is -4.65. The Morgan fingerprint density at radius 1 is 0.897 bits per heavy atom. The number of rotatable bonds is 14. The number of carbonyl (C=O) groups excluding carboxylic acids is 3. The van der Waals surface area contributed by atoms with Crippen LogP contribution >= 0.6 is 0 Å². The van der Waals surface area contributed by atoms with E-state index >= 15 is 0 Å². The van der Waals surface area contributed by atoms with Crippen molar-refractivity contribution in [2.24, 2.45) is 11.5 Å². The highest BCUT2D eigenvalue weighted by atomic mass is 16.4. The Bertz CT molecular complexity index is 559. The molecule has 0 fully saturated rings. The Balaban J connectivity index is 5.27. The summed E-state index contributed by atoms with van der Waals surface area (Å²) in [5.74, 6) is -4.14. The van der Waals surface area contributed by atoms with Crippen LogP contribution in [0.3, 0.4) is 0 Å². The lowest BCUT2D eigenvalue weighted by molar-refractivity contribution is -0.144. The monoisotopic (exact) mass is 421 g/mol. The van der Waals surface area contributed by atoms with Crippen LogP contribution in [0, 0.1) is 0 Å². The zero-order valence-corrected chi connectivity index (χ0v) is 16.2. The molecule has 29 heavy (non-hydrogen) atoms. The summed E-state index contributed by atoms with van der Waals surface area (Å²) in [6.45, 7) is 0.0234. The molecule has 0 radical (unpaired) electrons. The normalized spacial score (nSPS) is 16.1. The number of unbranched alkanes of at least 4 members (excludes halogenated alkanes) is 1. The van der Waals surface area contributed by atoms with E-state index in [9.17, 15) is 24.3 Å². The van der Waals surface area contributed by atoms with Crippen LogP contribution in [0.5, 0.6) is 0 Å². The van der Waals surface area contributed by atoms with Gasteiger partial charge in [-0.2, -0.15) is 0 Å². The Kier molecular flexibility index (Phi) is 12.7. The zero-order chi connectivity index (χ0) is 22.6. The average molecular weight is 421 g/mol. The first-order valence-electron chi connectivity index (χ1n) is 9.08. The minimum Gasteiger partial charge on any atom is -0.480 e. The average Bonchev–Trinajstić information content (AvgIpc) is 2.67. The van der Waals surface area contributed by atoms with Crippen molar-refractivity contribution in [1.82, 2.24) is 16.0 Å². The molecule has 5 atom stereocenters. The summed E-state index contributed by atoms with van der Waals surface area (Å²) in [6, 6.07) is -5.55. The van der Waals surface area contributed by atoms with Gasteiger partial charge in [-0.05, 0) is 32.7 Å². The van der Waals surface area contributed by atoms with Crippen LogP contribution in [0.2, 0.25) is 0 Å². The maximum Gasteiger partial charge on any atom is 0.328 e. The van der Waals surface area contributed by atoms with Crippen molar-refractivity contribution in [3.05, 3.63) is 0 Å². The minimum absolute atomic E-state index is 0.148. The molecule has 168 valence electrons. The SMILES string of the molecule is CC(O)C(NC(=O)C(CCCCN)NC(=O)C(N)CO)C(=O)NC(CO)C(=O)O. The fourth-order valence-corrected chi connectivity index (χ4v) is 2.23. The Labute approximate surface area is 167 Å². The Morgan fingerprint density at radius 2 is 1.48 bits per heavy atom. The lowest BCUT2D eigenvalue weighted by Gasteiger charge is -2.26. The van der Waals surface area contributed by atoms with Gasteiger partial charge in [0.1, 0.15) is 24.2 Å². The fraction of sp³-hybridized carbons (Fsp3) is 0.750. The van der Waals surface area contributed by atoms with E-state index < -0.39 is 67.2 Å². The summed E-state index contributed by atoms with van der Waals surface area (Å²) in [7, 11) is 0. The third kappa shape index (κ3) is 9.62. The molecule has 0 aromatic carbocycles.